The second kappa shape index (κ2) is 16.6. The molecule has 0 radical (unpaired) electrons. The number of carbonyl (C=O) groups is 6. The van der Waals surface area contributed by atoms with Crippen LogP contribution in [0.3, 0.4) is 0 Å². The van der Waals surface area contributed by atoms with Crippen molar-refractivity contribution >= 4 is 41.2 Å². The highest BCUT2D eigenvalue weighted by molar-refractivity contribution is 6.25. The minimum atomic E-state index is -1.06. The maximum Gasteiger partial charge on any atom is 0.335 e. The predicted molar refractivity (Wildman–Crippen MR) is 182 cm³/mol. The minimum Gasteiger partial charge on any atom is -0.493 e. The van der Waals surface area contributed by atoms with E-state index in [9.17, 15) is 33.9 Å². The van der Waals surface area contributed by atoms with Crippen molar-refractivity contribution in [1.82, 2.24) is 15.5 Å². The fraction of sp³-hybridized carbons (Fsp3) is 0.351. The molecule has 1 fully saturated rings. The number of imide groups is 2. The number of nitrogens with zero attached hydrogens (tertiary/aromatic N) is 1. The van der Waals surface area contributed by atoms with Crippen LogP contribution in [0.15, 0.2) is 60.7 Å². The molecule has 2 aliphatic heterocycles. The zero-order valence-corrected chi connectivity index (χ0v) is 27.8. The Balaban J connectivity index is 0.957. The molecule has 0 aromatic heterocycles. The summed E-state index contributed by atoms with van der Waals surface area (Å²) in [5, 5.41) is 17.7. The number of nitrogens with one attached hydrogen (secondary N) is 3. The van der Waals surface area contributed by atoms with Gasteiger partial charge in [0.1, 0.15) is 12.6 Å². The van der Waals surface area contributed by atoms with Crippen LogP contribution in [-0.4, -0.2) is 71.8 Å². The molecule has 3 aromatic carbocycles. The normalized spacial score (nSPS) is 15.4. The zero-order valence-electron chi connectivity index (χ0n) is 27.8. The molecule has 1 unspecified atom stereocenters. The van der Waals surface area contributed by atoms with E-state index in [0.717, 1.165) is 49.0 Å². The van der Waals surface area contributed by atoms with E-state index in [1.54, 1.807) is 48.5 Å². The molecule has 0 saturated carbocycles. The van der Waals surface area contributed by atoms with E-state index in [-0.39, 0.29) is 42.0 Å². The standard InChI is InChI=1S/C37H40N4O9/c1-49-29-17-15-25(37(47)48)21-30(29)50-22-23-11-13-24(14-12-23)33(43)39-20-7-5-3-2-4-6-19-38-27-10-8-9-26-32(27)36(46)41(35(26)45)28-16-18-31(42)40-34(28)44/h8-15,17,21,28,38H,2-7,16,18-20,22H2,1H3,(H,39,43)(H,47,48)(H,40,42,44). The molecule has 0 aliphatic carbocycles. The van der Waals surface area contributed by atoms with E-state index in [2.05, 4.69) is 16.0 Å². The number of carboxylic acid groups (broad SMARTS) is 1. The first-order valence-electron chi connectivity index (χ1n) is 16.7. The summed E-state index contributed by atoms with van der Waals surface area (Å²) in [5.41, 5.74) is 2.50. The predicted octanol–water partition coefficient (Wildman–Crippen LogP) is 4.56. The maximum absolute atomic E-state index is 13.2. The van der Waals surface area contributed by atoms with E-state index in [1.807, 2.05) is 0 Å². The fourth-order valence-electron chi connectivity index (χ4n) is 5.98. The maximum atomic E-state index is 13.2. The van der Waals surface area contributed by atoms with Crippen LogP contribution in [0.25, 0.3) is 0 Å². The van der Waals surface area contributed by atoms with Crippen LogP contribution in [0.5, 0.6) is 11.5 Å². The monoisotopic (exact) mass is 684 g/mol. The number of unbranched alkanes of at least 4 members (excludes halogenated alkanes) is 5. The van der Waals surface area contributed by atoms with Crippen molar-refractivity contribution in [3.63, 3.8) is 0 Å². The molecule has 5 rings (SSSR count). The van der Waals surface area contributed by atoms with Crippen molar-refractivity contribution < 1.29 is 43.3 Å². The Morgan fingerprint density at radius 1 is 0.860 bits per heavy atom. The van der Waals surface area contributed by atoms with Gasteiger partial charge in [0.05, 0.1) is 23.8 Å². The van der Waals surface area contributed by atoms with Crippen molar-refractivity contribution in [3.05, 3.63) is 88.5 Å². The van der Waals surface area contributed by atoms with Gasteiger partial charge < -0.3 is 25.2 Å². The highest BCUT2D eigenvalue weighted by atomic mass is 16.5. The molecule has 0 spiro atoms. The topological polar surface area (TPSA) is 180 Å². The Morgan fingerprint density at radius 3 is 2.26 bits per heavy atom. The highest BCUT2D eigenvalue weighted by Crippen LogP contribution is 2.32. The number of anilines is 1. The third-order valence-corrected chi connectivity index (χ3v) is 8.69. The first-order valence-corrected chi connectivity index (χ1v) is 16.7. The van der Waals surface area contributed by atoms with Gasteiger partial charge in [-0.2, -0.15) is 0 Å². The van der Waals surface area contributed by atoms with Gasteiger partial charge in [-0.25, -0.2) is 4.79 Å². The number of ether oxygens (including phenoxy) is 2. The van der Waals surface area contributed by atoms with Gasteiger partial charge in [0.25, 0.3) is 17.7 Å². The van der Waals surface area contributed by atoms with Gasteiger partial charge in [0.15, 0.2) is 11.5 Å². The molecule has 1 atom stereocenters. The number of aromatic carboxylic acids is 1. The molecule has 262 valence electrons. The van der Waals surface area contributed by atoms with Gasteiger partial charge in [-0.15, -0.1) is 0 Å². The van der Waals surface area contributed by atoms with Crippen molar-refractivity contribution in [2.75, 3.05) is 25.5 Å². The molecule has 0 bridgehead atoms. The first kappa shape index (κ1) is 35.6. The highest BCUT2D eigenvalue weighted by Gasteiger charge is 2.45. The van der Waals surface area contributed by atoms with E-state index in [4.69, 9.17) is 9.47 Å². The van der Waals surface area contributed by atoms with E-state index in [1.165, 1.54) is 19.2 Å². The summed E-state index contributed by atoms with van der Waals surface area (Å²) in [6.45, 7) is 1.35. The Bertz CT molecular complexity index is 1770. The molecule has 13 nitrogen and oxygen atoms in total. The van der Waals surface area contributed by atoms with Crippen LogP contribution in [0.2, 0.25) is 0 Å². The molecule has 1 saturated heterocycles. The van der Waals surface area contributed by atoms with Gasteiger partial charge in [0, 0.05) is 30.8 Å². The summed E-state index contributed by atoms with van der Waals surface area (Å²) in [5.74, 6) is -2.57. The number of hydrogen-bond acceptors (Lipinski definition) is 9. The summed E-state index contributed by atoms with van der Waals surface area (Å²) >= 11 is 0. The number of carbonyl (C=O) groups excluding carboxylic acids is 5. The Kier molecular flexibility index (Phi) is 11.8. The molecule has 4 N–H and O–H groups in total. The van der Waals surface area contributed by atoms with Gasteiger partial charge in [-0.3, -0.25) is 34.2 Å². The lowest BCUT2D eigenvalue weighted by atomic mass is 10.0. The first-order chi connectivity index (χ1) is 24.2. The van der Waals surface area contributed by atoms with E-state index < -0.39 is 35.6 Å². The minimum absolute atomic E-state index is 0.0734. The third kappa shape index (κ3) is 8.46. The third-order valence-electron chi connectivity index (χ3n) is 8.69. The Morgan fingerprint density at radius 2 is 1.56 bits per heavy atom. The lowest BCUT2D eigenvalue weighted by Gasteiger charge is -2.27. The van der Waals surface area contributed by atoms with Crippen molar-refractivity contribution in [2.45, 2.75) is 64.0 Å². The number of piperidine rings is 1. The molecule has 50 heavy (non-hydrogen) atoms. The average molecular weight is 685 g/mol. The number of hydrogen-bond donors (Lipinski definition) is 4. The Labute approximate surface area is 289 Å². The quantitative estimate of drug-likeness (QED) is 0.116. The van der Waals surface area contributed by atoms with E-state index >= 15 is 0 Å². The fourth-order valence-corrected chi connectivity index (χ4v) is 5.98. The van der Waals surface area contributed by atoms with Gasteiger partial charge >= 0.3 is 5.97 Å². The molecule has 5 amide bonds. The average Bonchev–Trinajstić information content (AvgIpc) is 3.37. The smallest absolute Gasteiger partial charge is 0.335 e. The van der Waals surface area contributed by atoms with Crippen LogP contribution in [0, 0.1) is 0 Å². The number of carboxylic acids is 1. The summed E-state index contributed by atoms with van der Waals surface area (Å²) < 4.78 is 11.0. The van der Waals surface area contributed by atoms with Crippen LogP contribution in [0.1, 0.15) is 98.4 Å². The lowest BCUT2D eigenvalue weighted by molar-refractivity contribution is -0.136. The van der Waals surface area contributed by atoms with Gasteiger partial charge in [-0.05, 0) is 67.3 Å². The summed E-state index contributed by atoms with van der Waals surface area (Å²) in [6, 6.07) is 15.4. The van der Waals surface area contributed by atoms with Crippen LogP contribution < -0.4 is 25.4 Å². The second-order valence-electron chi connectivity index (χ2n) is 12.1. The molecule has 2 heterocycles. The van der Waals surface area contributed by atoms with Crippen molar-refractivity contribution in [2.24, 2.45) is 0 Å². The number of fused-ring (bicyclic) bond motifs is 1. The number of methoxy groups -OCH3 is 1. The SMILES string of the molecule is COc1ccc(C(=O)O)cc1OCc1ccc(C(=O)NCCCCCCCCNc2cccc3c2C(=O)N(C2CCC(=O)NC2=O)C3=O)cc1. The largest absolute Gasteiger partial charge is 0.493 e. The summed E-state index contributed by atoms with van der Waals surface area (Å²) in [7, 11) is 1.48. The molecule has 3 aromatic rings. The summed E-state index contributed by atoms with van der Waals surface area (Å²) in [4.78, 5) is 74.9. The summed E-state index contributed by atoms with van der Waals surface area (Å²) in [6.07, 6.45) is 5.87. The van der Waals surface area contributed by atoms with Crippen LogP contribution in [0.4, 0.5) is 5.69 Å². The zero-order chi connectivity index (χ0) is 35.6. The van der Waals surface area contributed by atoms with Gasteiger partial charge in [0.2, 0.25) is 11.8 Å². The number of amides is 5. The second-order valence-corrected chi connectivity index (χ2v) is 12.1. The van der Waals surface area contributed by atoms with Crippen molar-refractivity contribution in [1.29, 1.82) is 0 Å². The molecule has 2 aliphatic rings. The van der Waals surface area contributed by atoms with E-state index in [0.29, 0.717) is 35.8 Å². The molecular weight excluding hydrogens is 644 g/mol. The van der Waals surface area contributed by atoms with Crippen LogP contribution in [-0.2, 0) is 16.2 Å². The number of benzene rings is 3. The molecule has 13 heteroatoms. The molecular formula is C37H40N4O9. The van der Waals surface area contributed by atoms with Gasteiger partial charge in [-0.1, -0.05) is 43.9 Å². The van der Waals surface area contributed by atoms with Crippen molar-refractivity contribution in [3.8, 4) is 11.5 Å². The Hall–Kier alpha value is -5.72. The number of rotatable bonds is 17. The van der Waals surface area contributed by atoms with Crippen LogP contribution >= 0.6 is 0 Å². The lowest BCUT2D eigenvalue weighted by Crippen LogP contribution is -2.54.